The number of nitrogens with one attached hydrogen (secondary N) is 1. The summed E-state index contributed by atoms with van der Waals surface area (Å²) in [6, 6.07) is 4.33. The summed E-state index contributed by atoms with van der Waals surface area (Å²) in [5.74, 6) is 0.0239. The van der Waals surface area contributed by atoms with E-state index in [9.17, 15) is 13.2 Å². The first kappa shape index (κ1) is 16.2. The van der Waals surface area contributed by atoms with Crippen molar-refractivity contribution < 1.29 is 13.2 Å². The molecule has 1 unspecified atom stereocenters. The lowest BCUT2D eigenvalue weighted by Gasteiger charge is -2.30. The number of nitrogens with zero attached hydrogens (tertiary/aromatic N) is 1. The molecule has 1 saturated heterocycles. The summed E-state index contributed by atoms with van der Waals surface area (Å²) in [5, 5.41) is 0.144. The molecule has 116 valence electrons. The molecule has 6 nitrogen and oxygen atoms in total. The number of sulfonamides is 1. The number of likely N-dealkylation sites (N-methyl/N-ethyl adjacent to an activating group) is 1. The van der Waals surface area contributed by atoms with Gasteiger partial charge in [0, 0.05) is 32.6 Å². The Kier molecular flexibility index (Phi) is 4.88. The highest BCUT2D eigenvalue weighted by Crippen LogP contribution is 2.23. The third-order valence-corrected chi connectivity index (χ3v) is 5.47. The predicted molar refractivity (Wildman–Crippen MR) is 80.3 cm³/mol. The standard InChI is InChI=1S/C13H18ClN3O3S/c1-17-8-10(3-5-13(17)18)16-21(19,20)12-4-2-9(7-15)6-11(12)14/h2,4,6,10,16H,3,5,7-8,15H2,1H3. The van der Waals surface area contributed by atoms with Crippen molar-refractivity contribution in [3.8, 4) is 0 Å². The van der Waals surface area contributed by atoms with Crippen LogP contribution in [0, 0.1) is 0 Å². The first-order valence-electron chi connectivity index (χ1n) is 6.58. The van der Waals surface area contributed by atoms with Crippen LogP contribution >= 0.6 is 11.6 Å². The van der Waals surface area contributed by atoms with Gasteiger partial charge in [0.05, 0.1) is 5.02 Å². The van der Waals surface area contributed by atoms with E-state index in [0.717, 1.165) is 5.56 Å². The molecule has 0 radical (unpaired) electrons. The minimum atomic E-state index is -3.72. The third-order valence-electron chi connectivity index (χ3n) is 3.47. The Balaban J connectivity index is 2.17. The van der Waals surface area contributed by atoms with Crippen LogP contribution in [0.5, 0.6) is 0 Å². The van der Waals surface area contributed by atoms with Crippen molar-refractivity contribution in [1.29, 1.82) is 0 Å². The number of nitrogens with two attached hydrogens (primary N) is 1. The van der Waals surface area contributed by atoms with Crippen LogP contribution in [0.4, 0.5) is 0 Å². The van der Waals surface area contributed by atoms with E-state index in [2.05, 4.69) is 4.72 Å². The van der Waals surface area contributed by atoms with Gasteiger partial charge < -0.3 is 10.6 Å². The van der Waals surface area contributed by atoms with Gasteiger partial charge in [-0.3, -0.25) is 4.79 Å². The normalized spacial score (nSPS) is 19.9. The average Bonchev–Trinajstić information content (AvgIpc) is 2.42. The van der Waals surface area contributed by atoms with Crippen molar-refractivity contribution in [3.63, 3.8) is 0 Å². The molecule has 1 aromatic carbocycles. The highest BCUT2D eigenvalue weighted by molar-refractivity contribution is 7.89. The number of likely N-dealkylation sites (tertiary alicyclic amines) is 1. The van der Waals surface area contributed by atoms with E-state index in [0.29, 0.717) is 25.9 Å². The lowest BCUT2D eigenvalue weighted by atomic mass is 10.1. The number of piperidine rings is 1. The molecule has 2 rings (SSSR count). The fourth-order valence-corrected chi connectivity index (χ4v) is 4.11. The van der Waals surface area contributed by atoms with Gasteiger partial charge in [0.2, 0.25) is 15.9 Å². The van der Waals surface area contributed by atoms with Gasteiger partial charge in [-0.05, 0) is 24.1 Å². The van der Waals surface area contributed by atoms with Gasteiger partial charge in [0.25, 0.3) is 0 Å². The number of carbonyl (C=O) groups is 1. The van der Waals surface area contributed by atoms with Gasteiger partial charge >= 0.3 is 0 Å². The lowest BCUT2D eigenvalue weighted by Crippen LogP contribution is -2.48. The number of rotatable bonds is 4. The van der Waals surface area contributed by atoms with Crippen LogP contribution in [0.1, 0.15) is 18.4 Å². The number of carbonyl (C=O) groups excluding carboxylic acids is 1. The minimum absolute atomic E-state index is 0.0239. The zero-order chi connectivity index (χ0) is 15.6. The van der Waals surface area contributed by atoms with Crippen LogP contribution < -0.4 is 10.5 Å². The van der Waals surface area contributed by atoms with Crippen molar-refractivity contribution in [2.45, 2.75) is 30.3 Å². The van der Waals surface area contributed by atoms with Crippen LogP contribution in [-0.4, -0.2) is 38.9 Å². The Hall–Kier alpha value is -1.15. The number of hydrogen-bond donors (Lipinski definition) is 2. The molecule has 1 aromatic rings. The van der Waals surface area contributed by atoms with Crippen molar-refractivity contribution >= 4 is 27.5 Å². The monoisotopic (exact) mass is 331 g/mol. The van der Waals surface area contributed by atoms with E-state index in [1.165, 1.54) is 11.0 Å². The van der Waals surface area contributed by atoms with E-state index in [1.807, 2.05) is 0 Å². The fourth-order valence-electron chi connectivity index (χ4n) is 2.28. The van der Waals surface area contributed by atoms with Gasteiger partial charge in [0.1, 0.15) is 4.90 Å². The molecule has 3 N–H and O–H groups in total. The fraction of sp³-hybridized carbons (Fsp3) is 0.462. The molecule has 1 heterocycles. The molecule has 0 aliphatic carbocycles. The van der Waals surface area contributed by atoms with E-state index in [1.54, 1.807) is 19.2 Å². The van der Waals surface area contributed by atoms with Gasteiger partial charge in [-0.1, -0.05) is 17.7 Å². The van der Waals surface area contributed by atoms with Crippen LogP contribution in [0.25, 0.3) is 0 Å². The molecule has 0 spiro atoms. The number of benzene rings is 1. The smallest absolute Gasteiger partial charge is 0.242 e. The third kappa shape index (κ3) is 3.74. The summed E-state index contributed by atoms with van der Waals surface area (Å²) < 4.78 is 27.4. The largest absolute Gasteiger partial charge is 0.344 e. The molecule has 1 amide bonds. The molecule has 1 atom stereocenters. The molecule has 1 fully saturated rings. The summed E-state index contributed by atoms with van der Waals surface area (Å²) in [4.78, 5) is 13.0. The molecular formula is C13H18ClN3O3S. The van der Waals surface area contributed by atoms with Gasteiger partial charge in [-0.25, -0.2) is 13.1 Å². The SMILES string of the molecule is CN1CC(NS(=O)(=O)c2ccc(CN)cc2Cl)CCC1=O. The van der Waals surface area contributed by atoms with Crippen molar-refractivity contribution in [1.82, 2.24) is 9.62 Å². The first-order valence-corrected chi connectivity index (χ1v) is 8.44. The zero-order valence-corrected chi connectivity index (χ0v) is 13.2. The van der Waals surface area contributed by atoms with Crippen LogP contribution in [0.2, 0.25) is 5.02 Å². The van der Waals surface area contributed by atoms with E-state index >= 15 is 0 Å². The maximum absolute atomic E-state index is 12.4. The summed E-state index contributed by atoms with van der Waals surface area (Å²) in [6.45, 7) is 0.652. The number of halogens is 1. The van der Waals surface area contributed by atoms with Crippen LogP contribution in [0.3, 0.4) is 0 Å². The summed E-state index contributed by atoms with van der Waals surface area (Å²) in [7, 11) is -2.06. The van der Waals surface area contributed by atoms with E-state index in [-0.39, 0.29) is 21.9 Å². The topological polar surface area (TPSA) is 92.5 Å². The van der Waals surface area contributed by atoms with Crippen LogP contribution in [-0.2, 0) is 21.4 Å². The van der Waals surface area contributed by atoms with Gasteiger partial charge in [0.15, 0.2) is 0 Å². The van der Waals surface area contributed by atoms with Gasteiger partial charge in [-0.2, -0.15) is 0 Å². The molecule has 1 aliphatic heterocycles. The highest BCUT2D eigenvalue weighted by atomic mass is 35.5. The Morgan fingerprint density at radius 3 is 2.76 bits per heavy atom. The Morgan fingerprint density at radius 1 is 1.48 bits per heavy atom. The first-order chi connectivity index (χ1) is 9.83. The Labute approximate surface area is 129 Å². The predicted octanol–water partition coefficient (Wildman–Crippen LogP) is 0.698. The lowest BCUT2D eigenvalue weighted by molar-refractivity contribution is -0.132. The van der Waals surface area contributed by atoms with Crippen molar-refractivity contribution in [2.75, 3.05) is 13.6 Å². The highest BCUT2D eigenvalue weighted by Gasteiger charge is 2.28. The minimum Gasteiger partial charge on any atom is -0.344 e. The maximum Gasteiger partial charge on any atom is 0.242 e. The number of amides is 1. The van der Waals surface area contributed by atoms with Crippen molar-refractivity contribution in [2.24, 2.45) is 5.73 Å². The second-order valence-corrected chi connectivity index (χ2v) is 7.19. The van der Waals surface area contributed by atoms with Gasteiger partial charge in [-0.15, -0.1) is 0 Å². The number of hydrogen-bond acceptors (Lipinski definition) is 4. The van der Waals surface area contributed by atoms with E-state index in [4.69, 9.17) is 17.3 Å². The summed E-state index contributed by atoms with van der Waals surface area (Å²) in [6.07, 6.45) is 0.824. The van der Waals surface area contributed by atoms with Crippen molar-refractivity contribution in [3.05, 3.63) is 28.8 Å². The Bertz CT molecular complexity index is 648. The summed E-state index contributed by atoms with van der Waals surface area (Å²) >= 11 is 6.02. The summed E-state index contributed by atoms with van der Waals surface area (Å²) in [5.41, 5.74) is 6.26. The molecular weight excluding hydrogens is 314 g/mol. The average molecular weight is 332 g/mol. The molecule has 0 saturated carbocycles. The molecule has 0 bridgehead atoms. The zero-order valence-electron chi connectivity index (χ0n) is 11.7. The molecule has 21 heavy (non-hydrogen) atoms. The van der Waals surface area contributed by atoms with E-state index < -0.39 is 10.0 Å². The van der Waals surface area contributed by atoms with Crippen LogP contribution in [0.15, 0.2) is 23.1 Å². The second-order valence-electron chi connectivity index (χ2n) is 5.10. The maximum atomic E-state index is 12.4. The Morgan fingerprint density at radius 2 is 2.19 bits per heavy atom. The molecule has 0 aromatic heterocycles. The second kappa shape index (κ2) is 6.31. The molecule has 8 heteroatoms. The quantitative estimate of drug-likeness (QED) is 0.849. The molecule has 1 aliphatic rings.